The van der Waals surface area contributed by atoms with Crippen LogP contribution in [-0.4, -0.2) is 37.0 Å². The van der Waals surface area contributed by atoms with Crippen molar-refractivity contribution in [2.75, 3.05) is 13.1 Å². The summed E-state index contributed by atoms with van der Waals surface area (Å²) >= 11 is 0. The van der Waals surface area contributed by atoms with Crippen LogP contribution < -0.4 is 0 Å². The maximum absolute atomic E-state index is 13.0. The number of aryl methyl sites for hydroxylation is 1. The minimum absolute atomic E-state index is 0.100. The molecule has 0 bridgehead atoms. The SMILES string of the molecule is Cc1ccc(S(=O)(=O)N2CC(c3ccccc3)=CCC(O)C2)cc1. The van der Waals surface area contributed by atoms with E-state index >= 15 is 0 Å². The van der Waals surface area contributed by atoms with Crippen molar-refractivity contribution >= 4 is 15.6 Å². The highest BCUT2D eigenvalue weighted by atomic mass is 32.2. The van der Waals surface area contributed by atoms with Crippen LogP contribution in [0.1, 0.15) is 17.5 Å². The molecule has 1 heterocycles. The molecular formula is C19H21NO3S. The largest absolute Gasteiger partial charge is 0.391 e. The Bertz CT molecular complexity index is 827. The minimum Gasteiger partial charge on any atom is -0.391 e. The summed E-state index contributed by atoms with van der Waals surface area (Å²) in [5, 5.41) is 10.1. The molecule has 4 nitrogen and oxygen atoms in total. The van der Waals surface area contributed by atoms with Gasteiger partial charge in [0.2, 0.25) is 10.0 Å². The molecule has 0 radical (unpaired) electrons. The molecule has 0 aromatic heterocycles. The van der Waals surface area contributed by atoms with E-state index in [0.29, 0.717) is 6.42 Å². The van der Waals surface area contributed by atoms with Crippen molar-refractivity contribution in [1.82, 2.24) is 4.31 Å². The van der Waals surface area contributed by atoms with E-state index in [9.17, 15) is 13.5 Å². The molecule has 0 saturated heterocycles. The van der Waals surface area contributed by atoms with Crippen molar-refractivity contribution in [2.45, 2.75) is 24.3 Å². The van der Waals surface area contributed by atoms with Crippen LogP contribution in [-0.2, 0) is 10.0 Å². The Kier molecular flexibility index (Phi) is 4.85. The van der Waals surface area contributed by atoms with Gasteiger partial charge in [-0.05, 0) is 36.6 Å². The summed E-state index contributed by atoms with van der Waals surface area (Å²) in [5.41, 5.74) is 2.91. The van der Waals surface area contributed by atoms with Crippen LogP contribution in [0.25, 0.3) is 5.57 Å². The number of hydrogen-bond acceptors (Lipinski definition) is 3. The van der Waals surface area contributed by atoms with Gasteiger partial charge >= 0.3 is 0 Å². The fourth-order valence-corrected chi connectivity index (χ4v) is 4.27. The molecule has 5 heteroatoms. The summed E-state index contributed by atoms with van der Waals surface area (Å²) < 4.78 is 27.3. The molecule has 1 aliphatic heterocycles. The van der Waals surface area contributed by atoms with E-state index in [4.69, 9.17) is 0 Å². The molecular weight excluding hydrogens is 322 g/mol. The fraction of sp³-hybridized carbons (Fsp3) is 0.263. The Morgan fingerprint density at radius 1 is 1.04 bits per heavy atom. The first-order valence-electron chi connectivity index (χ1n) is 7.96. The average Bonchev–Trinajstić information content (AvgIpc) is 2.78. The molecule has 126 valence electrons. The quantitative estimate of drug-likeness (QED) is 0.932. The first-order chi connectivity index (χ1) is 11.5. The predicted molar refractivity (Wildman–Crippen MR) is 95.0 cm³/mol. The number of aliphatic hydroxyl groups excluding tert-OH is 1. The Balaban J connectivity index is 1.94. The molecule has 0 saturated carbocycles. The topological polar surface area (TPSA) is 57.6 Å². The molecule has 0 aliphatic carbocycles. The fourth-order valence-electron chi connectivity index (χ4n) is 2.81. The van der Waals surface area contributed by atoms with Crippen molar-refractivity contribution in [2.24, 2.45) is 0 Å². The van der Waals surface area contributed by atoms with E-state index in [0.717, 1.165) is 16.7 Å². The van der Waals surface area contributed by atoms with Gasteiger partial charge in [-0.15, -0.1) is 0 Å². The Hall–Kier alpha value is -1.95. The molecule has 1 atom stereocenters. The Morgan fingerprint density at radius 2 is 1.71 bits per heavy atom. The molecule has 0 fully saturated rings. The molecule has 0 amide bonds. The van der Waals surface area contributed by atoms with Gasteiger partial charge < -0.3 is 5.11 Å². The lowest BCUT2D eigenvalue weighted by Crippen LogP contribution is -2.37. The van der Waals surface area contributed by atoms with Crippen molar-refractivity contribution in [3.63, 3.8) is 0 Å². The third kappa shape index (κ3) is 3.59. The Labute approximate surface area is 143 Å². The van der Waals surface area contributed by atoms with Gasteiger partial charge in [0.15, 0.2) is 0 Å². The molecule has 3 rings (SSSR count). The predicted octanol–water partition coefficient (Wildman–Crippen LogP) is 2.83. The van der Waals surface area contributed by atoms with Gasteiger partial charge in [0.1, 0.15) is 0 Å². The van der Waals surface area contributed by atoms with Crippen LogP contribution in [0.2, 0.25) is 0 Å². The molecule has 2 aromatic rings. The van der Waals surface area contributed by atoms with E-state index in [1.807, 2.05) is 43.3 Å². The Morgan fingerprint density at radius 3 is 2.38 bits per heavy atom. The van der Waals surface area contributed by atoms with Crippen LogP contribution in [0.3, 0.4) is 0 Å². The maximum Gasteiger partial charge on any atom is 0.243 e. The van der Waals surface area contributed by atoms with Gasteiger partial charge in [-0.1, -0.05) is 54.1 Å². The summed E-state index contributed by atoms with van der Waals surface area (Å²) in [4.78, 5) is 0.259. The highest BCUT2D eigenvalue weighted by molar-refractivity contribution is 7.89. The second-order valence-electron chi connectivity index (χ2n) is 6.10. The van der Waals surface area contributed by atoms with Crippen LogP contribution in [0.5, 0.6) is 0 Å². The third-order valence-electron chi connectivity index (χ3n) is 4.20. The monoisotopic (exact) mass is 343 g/mol. The number of aliphatic hydroxyl groups is 1. The van der Waals surface area contributed by atoms with Gasteiger partial charge in [0.05, 0.1) is 11.0 Å². The zero-order valence-corrected chi connectivity index (χ0v) is 14.4. The highest BCUT2D eigenvalue weighted by Crippen LogP contribution is 2.25. The van der Waals surface area contributed by atoms with Gasteiger partial charge in [-0.2, -0.15) is 4.31 Å². The van der Waals surface area contributed by atoms with Crippen LogP contribution in [0.15, 0.2) is 65.6 Å². The first-order valence-corrected chi connectivity index (χ1v) is 9.40. The number of β-amino-alcohol motifs (C(OH)–C–C–N with tert-alkyl or cyclic N) is 1. The summed E-state index contributed by atoms with van der Waals surface area (Å²) in [6.07, 6.45) is 1.68. The number of nitrogens with zero attached hydrogens (tertiary/aromatic N) is 1. The summed E-state index contributed by atoms with van der Waals surface area (Å²) in [6, 6.07) is 16.5. The number of rotatable bonds is 3. The lowest BCUT2D eigenvalue weighted by molar-refractivity contribution is 0.155. The zero-order chi connectivity index (χ0) is 17.2. The van der Waals surface area contributed by atoms with E-state index in [1.54, 1.807) is 24.3 Å². The molecule has 24 heavy (non-hydrogen) atoms. The summed E-state index contributed by atoms with van der Waals surface area (Å²) in [7, 11) is -3.64. The van der Waals surface area contributed by atoms with Gasteiger partial charge in [0.25, 0.3) is 0 Å². The van der Waals surface area contributed by atoms with Gasteiger partial charge in [0, 0.05) is 13.1 Å². The van der Waals surface area contributed by atoms with Crippen molar-refractivity contribution < 1.29 is 13.5 Å². The van der Waals surface area contributed by atoms with Crippen molar-refractivity contribution in [1.29, 1.82) is 0 Å². The summed E-state index contributed by atoms with van der Waals surface area (Å²) in [5.74, 6) is 0. The number of hydrogen-bond donors (Lipinski definition) is 1. The lowest BCUT2D eigenvalue weighted by Gasteiger charge is -2.23. The average molecular weight is 343 g/mol. The highest BCUT2D eigenvalue weighted by Gasteiger charge is 2.29. The standard InChI is InChI=1S/C19H21NO3S/c1-15-7-11-19(12-8-15)24(22,23)20-13-17(9-10-18(21)14-20)16-5-3-2-4-6-16/h2-9,11-12,18,21H,10,13-14H2,1H3. The number of sulfonamides is 1. The van der Waals surface area contributed by atoms with E-state index < -0.39 is 16.1 Å². The van der Waals surface area contributed by atoms with E-state index in [2.05, 4.69) is 0 Å². The third-order valence-corrected chi connectivity index (χ3v) is 6.03. The second kappa shape index (κ2) is 6.89. The van der Waals surface area contributed by atoms with E-state index in [-0.39, 0.29) is 18.0 Å². The zero-order valence-electron chi connectivity index (χ0n) is 13.6. The summed E-state index contributed by atoms with van der Waals surface area (Å²) in [6.45, 7) is 2.28. The molecule has 0 spiro atoms. The second-order valence-corrected chi connectivity index (χ2v) is 8.03. The smallest absolute Gasteiger partial charge is 0.243 e. The molecule has 2 aromatic carbocycles. The van der Waals surface area contributed by atoms with Crippen LogP contribution >= 0.6 is 0 Å². The normalized spacial score (nSPS) is 19.6. The van der Waals surface area contributed by atoms with Crippen molar-refractivity contribution in [3.05, 3.63) is 71.8 Å². The van der Waals surface area contributed by atoms with Crippen molar-refractivity contribution in [3.8, 4) is 0 Å². The van der Waals surface area contributed by atoms with Crippen LogP contribution in [0.4, 0.5) is 0 Å². The lowest BCUT2D eigenvalue weighted by atomic mass is 10.1. The first kappa shape index (κ1) is 16.9. The van der Waals surface area contributed by atoms with Crippen LogP contribution in [0, 0.1) is 6.92 Å². The van der Waals surface area contributed by atoms with Gasteiger partial charge in [-0.3, -0.25) is 0 Å². The van der Waals surface area contributed by atoms with E-state index in [1.165, 1.54) is 4.31 Å². The molecule has 1 N–H and O–H groups in total. The molecule has 1 unspecified atom stereocenters. The molecule has 1 aliphatic rings. The maximum atomic E-state index is 13.0. The van der Waals surface area contributed by atoms with Gasteiger partial charge in [-0.25, -0.2) is 8.42 Å². The number of benzene rings is 2. The minimum atomic E-state index is -3.64.